The number of benzene rings is 2. The van der Waals surface area contributed by atoms with Gasteiger partial charge in [-0.3, -0.25) is 9.59 Å². The number of aromatic hydroxyl groups is 1. The molecule has 1 saturated heterocycles. The van der Waals surface area contributed by atoms with Crippen LogP contribution in [0.15, 0.2) is 48.5 Å². The van der Waals surface area contributed by atoms with Crippen molar-refractivity contribution in [1.29, 1.82) is 0 Å². The molecule has 1 fully saturated rings. The highest BCUT2D eigenvalue weighted by molar-refractivity contribution is 6.01. The van der Waals surface area contributed by atoms with E-state index < -0.39 is 11.9 Å². The lowest BCUT2D eigenvalue weighted by Gasteiger charge is -2.24. The highest BCUT2D eigenvalue weighted by atomic mass is 19.1. The molecule has 2 aromatic rings. The van der Waals surface area contributed by atoms with E-state index in [1.54, 1.807) is 37.4 Å². The quantitative estimate of drug-likeness (QED) is 0.928. The Morgan fingerprint density at radius 1 is 1.28 bits per heavy atom. The Morgan fingerprint density at radius 2 is 2.04 bits per heavy atom. The van der Waals surface area contributed by atoms with Crippen LogP contribution >= 0.6 is 0 Å². The lowest BCUT2D eigenvalue weighted by atomic mass is 10.1. The van der Waals surface area contributed by atoms with Crippen LogP contribution in [0.3, 0.4) is 0 Å². The lowest BCUT2D eigenvalue weighted by Crippen LogP contribution is -2.43. The molecule has 0 saturated carbocycles. The summed E-state index contributed by atoms with van der Waals surface area (Å²) in [6.07, 6.45) is 0.545. The number of likely N-dealkylation sites (N-methyl/N-ethyl adjacent to an activating group) is 1. The van der Waals surface area contributed by atoms with Gasteiger partial charge < -0.3 is 14.9 Å². The average Bonchev–Trinajstić information content (AvgIpc) is 2.96. The van der Waals surface area contributed by atoms with Gasteiger partial charge in [0.15, 0.2) is 0 Å². The van der Waals surface area contributed by atoms with Crippen LogP contribution in [0.1, 0.15) is 12.0 Å². The average molecular weight is 342 g/mol. The minimum absolute atomic E-state index is 0.0916. The molecular formula is C19H19FN2O3. The van der Waals surface area contributed by atoms with Crippen LogP contribution < -0.4 is 4.90 Å². The fourth-order valence-corrected chi connectivity index (χ4v) is 3.07. The van der Waals surface area contributed by atoms with E-state index in [1.807, 2.05) is 0 Å². The number of carbonyl (C=O) groups excluding carboxylic acids is 2. The van der Waals surface area contributed by atoms with Gasteiger partial charge in [0.2, 0.25) is 11.8 Å². The minimum atomic E-state index is -0.607. The predicted molar refractivity (Wildman–Crippen MR) is 91.7 cm³/mol. The highest BCUT2D eigenvalue weighted by Gasteiger charge is 2.37. The van der Waals surface area contributed by atoms with Crippen molar-refractivity contribution in [3.63, 3.8) is 0 Å². The van der Waals surface area contributed by atoms with Gasteiger partial charge in [0.1, 0.15) is 17.6 Å². The lowest BCUT2D eigenvalue weighted by molar-refractivity contribution is -0.136. The number of nitrogens with zero attached hydrogens (tertiary/aromatic N) is 2. The SMILES string of the molecule is CN(C(=O)Cc1cccc(O)c1)[C@@H]1CCN(c2ccccc2F)C1=O. The molecule has 0 bridgehead atoms. The topological polar surface area (TPSA) is 60.9 Å². The van der Waals surface area contributed by atoms with Crippen molar-refractivity contribution < 1.29 is 19.1 Å². The Balaban J connectivity index is 1.71. The molecule has 0 radical (unpaired) electrons. The van der Waals surface area contributed by atoms with Gasteiger partial charge in [-0.05, 0) is 36.2 Å². The van der Waals surface area contributed by atoms with E-state index in [0.29, 0.717) is 18.5 Å². The standard InChI is InChI=1S/C19H19FN2O3/c1-21(18(24)12-13-5-4-6-14(23)11-13)17-9-10-22(19(17)25)16-8-3-2-7-15(16)20/h2-8,11,17,23H,9-10,12H2,1H3/t17-/m1/s1. The molecule has 5 nitrogen and oxygen atoms in total. The van der Waals surface area contributed by atoms with Crippen molar-refractivity contribution in [2.24, 2.45) is 0 Å². The molecule has 0 aliphatic carbocycles. The van der Waals surface area contributed by atoms with Gasteiger partial charge in [-0.15, -0.1) is 0 Å². The van der Waals surface area contributed by atoms with Crippen molar-refractivity contribution in [3.05, 3.63) is 59.9 Å². The number of rotatable bonds is 4. The Bertz CT molecular complexity index is 809. The van der Waals surface area contributed by atoms with Crippen molar-refractivity contribution >= 4 is 17.5 Å². The molecular weight excluding hydrogens is 323 g/mol. The zero-order valence-electron chi connectivity index (χ0n) is 13.9. The van der Waals surface area contributed by atoms with Crippen LogP contribution in [-0.2, 0) is 16.0 Å². The first-order chi connectivity index (χ1) is 12.0. The van der Waals surface area contributed by atoms with Crippen molar-refractivity contribution in [1.82, 2.24) is 4.90 Å². The molecule has 1 N–H and O–H groups in total. The van der Waals surface area contributed by atoms with Crippen LogP contribution in [0.5, 0.6) is 5.75 Å². The Labute approximate surface area is 145 Å². The Kier molecular flexibility index (Phi) is 4.70. The second-order valence-corrected chi connectivity index (χ2v) is 6.10. The van der Waals surface area contributed by atoms with E-state index in [-0.39, 0.29) is 29.7 Å². The molecule has 2 amide bonds. The van der Waals surface area contributed by atoms with Gasteiger partial charge in [-0.25, -0.2) is 4.39 Å². The number of halogens is 1. The predicted octanol–water partition coefficient (Wildman–Crippen LogP) is 2.34. The number of carbonyl (C=O) groups is 2. The number of phenols is 1. The van der Waals surface area contributed by atoms with Crippen LogP contribution in [0, 0.1) is 5.82 Å². The fraction of sp³-hybridized carbons (Fsp3) is 0.263. The van der Waals surface area contributed by atoms with Crippen LogP contribution in [0.2, 0.25) is 0 Å². The molecule has 0 aromatic heterocycles. The molecule has 0 spiro atoms. The second kappa shape index (κ2) is 6.93. The first-order valence-corrected chi connectivity index (χ1v) is 8.07. The minimum Gasteiger partial charge on any atom is -0.508 e. The monoisotopic (exact) mass is 342 g/mol. The smallest absolute Gasteiger partial charge is 0.249 e. The van der Waals surface area contributed by atoms with Gasteiger partial charge in [0, 0.05) is 13.6 Å². The number of anilines is 1. The van der Waals surface area contributed by atoms with E-state index in [4.69, 9.17) is 0 Å². The normalized spacial score (nSPS) is 17.0. The summed E-state index contributed by atoms with van der Waals surface area (Å²) in [6.45, 7) is 0.369. The summed E-state index contributed by atoms with van der Waals surface area (Å²) in [5, 5.41) is 9.48. The maximum absolute atomic E-state index is 13.9. The molecule has 1 atom stereocenters. The van der Waals surface area contributed by atoms with E-state index in [2.05, 4.69) is 0 Å². The van der Waals surface area contributed by atoms with Crippen LogP contribution in [0.4, 0.5) is 10.1 Å². The summed E-state index contributed by atoms with van der Waals surface area (Å²) >= 11 is 0. The van der Waals surface area contributed by atoms with E-state index in [0.717, 1.165) is 0 Å². The maximum atomic E-state index is 13.9. The summed E-state index contributed by atoms with van der Waals surface area (Å²) in [5.41, 5.74) is 0.914. The third kappa shape index (κ3) is 3.47. The van der Waals surface area contributed by atoms with Crippen LogP contribution in [0.25, 0.3) is 0 Å². The molecule has 1 heterocycles. The number of amides is 2. The van der Waals surface area contributed by atoms with Crippen molar-refractivity contribution in [2.45, 2.75) is 18.9 Å². The van der Waals surface area contributed by atoms with Gasteiger partial charge in [0.25, 0.3) is 0 Å². The number of hydrogen-bond acceptors (Lipinski definition) is 3. The zero-order chi connectivity index (χ0) is 18.0. The molecule has 1 aliphatic rings. The van der Waals surface area contributed by atoms with Crippen molar-refractivity contribution in [3.8, 4) is 5.75 Å². The summed E-state index contributed by atoms with van der Waals surface area (Å²) in [7, 11) is 1.58. The van der Waals surface area contributed by atoms with Gasteiger partial charge >= 0.3 is 0 Å². The molecule has 0 unspecified atom stereocenters. The van der Waals surface area contributed by atoms with Crippen LogP contribution in [-0.4, -0.2) is 41.5 Å². The molecule has 2 aromatic carbocycles. The molecule has 25 heavy (non-hydrogen) atoms. The fourth-order valence-electron chi connectivity index (χ4n) is 3.07. The molecule has 130 valence electrons. The van der Waals surface area contributed by atoms with E-state index in [9.17, 15) is 19.1 Å². The maximum Gasteiger partial charge on any atom is 0.249 e. The third-order valence-corrected chi connectivity index (χ3v) is 4.45. The Morgan fingerprint density at radius 3 is 2.76 bits per heavy atom. The summed E-state index contributed by atoms with van der Waals surface area (Å²) in [6, 6.07) is 12.0. The third-order valence-electron chi connectivity index (χ3n) is 4.45. The number of para-hydroxylation sites is 1. The van der Waals surface area contributed by atoms with Gasteiger partial charge in [-0.2, -0.15) is 0 Å². The first kappa shape index (κ1) is 17.0. The summed E-state index contributed by atoms with van der Waals surface area (Å²) in [5.74, 6) is -0.864. The van der Waals surface area contributed by atoms with E-state index in [1.165, 1.54) is 28.0 Å². The zero-order valence-corrected chi connectivity index (χ0v) is 13.9. The highest BCUT2D eigenvalue weighted by Crippen LogP contribution is 2.26. The number of phenolic OH excluding ortho intramolecular Hbond substituents is 1. The summed E-state index contributed by atoms with van der Waals surface area (Å²) < 4.78 is 13.9. The summed E-state index contributed by atoms with van der Waals surface area (Å²) in [4.78, 5) is 27.9. The Hall–Kier alpha value is -2.89. The molecule has 6 heteroatoms. The van der Waals surface area contributed by atoms with Crippen molar-refractivity contribution in [2.75, 3.05) is 18.5 Å². The van der Waals surface area contributed by atoms with Gasteiger partial charge in [-0.1, -0.05) is 24.3 Å². The molecule has 1 aliphatic heterocycles. The van der Waals surface area contributed by atoms with Gasteiger partial charge in [0.05, 0.1) is 12.1 Å². The molecule has 3 rings (SSSR count). The number of hydrogen-bond donors (Lipinski definition) is 1. The first-order valence-electron chi connectivity index (χ1n) is 8.07. The largest absolute Gasteiger partial charge is 0.508 e. The van der Waals surface area contributed by atoms with E-state index >= 15 is 0 Å². The second-order valence-electron chi connectivity index (χ2n) is 6.10.